The summed E-state index contributed by atoms with van der Waals surface area (Å²) in [4.78, 5) is 8.46. The molecule has 2 N–H and O–H groups in total. The molecular weight excluding hydrogens is 284 g/mol. The number of hydrogen-bond donors (Lipinski definition) is 2. The Bertz CT molecular complexity index is 697. The third-order valence-corrected chi connectivity index (χ3v) is 3.18. The van der Waals surface area contributed by atoms with Gasteiger partial charge in [-0.2, -0.15) is 0 Å². The van der Waals surface area contributed by atoms with E-state index in [1.807, 2.05) is 55.5 Å². The predicted octanol–water partition coefficient (Wildman–Crippen LogP) is 3.51. The zero-order chi connectivity index (χ0) is 16.3. The molecule has 4 heteroatoms. The number of terminal acetylenes is 1. The fourth-order valence-electron chi connectivity index (χ4n) is 1.92. The number of anilines is 2. The van der Waals surface area contributed by atoms with E-state index in [1.54, 1.807) is 12.4 Å². The van der Waals surface area contributed by atoms with Gasteiger partial charge in [-0.3, -0.25) is 0 Å². The lowest BCUT2D eigenvalue weighted by Gasteiger charge is -2.08. The van der Waals surface area contributed by atoms with Crippen molar-refractivity contribution in [2.75, 3.05) is 23.7 Å². The number of rotatable bonds is 7. The molecule has 0 aliphatic carbocycles. The fourth-order valence-corrected chi connectivity index (χ4v) is 1.92. The molecule has 116 valence electrons. The van der Waals surface area contributed by atoms with Crippen molar-refractivity contribution in [1.29, 1.82) is 0 Å². The first-order valence-corrected chi connectivity index (χ1v) is 7.44. The molecule has 0 unspecified atom stereocenters. The molecule has 0 aliphatic rings. The molecule has 0 amide bonds. The van der Waals surface area contributed by atoms with E-state index in [9.17, 15) is 0 Å². The van der Waals surface area contributed by atoms with E-state index in [1.165, 1.54) is 0 Å². The van der Waals surface area contributed by atoms with Gasteiger partial charge in [-0.1, -0.05) is 24.1 Å². The Kier molecular flexibility index (Phi) is 6.43. The topological polar surface area (TPSA) is 49.8 Å². The van der Waals surface area contributed by atoms with Gasteiger partial charge in [-0.25, -0.2) is 9.97 Å². The van der Waals surface area contributed by atoms with E-state index in [2.05, 4.69) is 26.5 Å². The second-order valence-corrected chi connectivity index (χ2v) is 4.81. The van der Waals surface area contributed by atoms with Crippen molar-refractivity contribution >= 4 is 11.6 Å². The van der Waals surface area contributed by atoms with Gasteiger partial charge in [0.2, 0.25) is 0 Å². The van der Waals surface area contributed by atoms with Gasteiger partial charge in [-0.15, -0.1) is 6.42 Å². The van der Waals surface area contributed by atoms with Gasteiger partial charge in [-0.05, 0) is 42.8 Å². The molecule has 0 atom stereocenters. The van der Waals surface area contributed by atoms with Crippen LogP contribution in [-0.4, -0.2) is 23.1 Å². The van der Waals surface area contributed by atoms with E-state index in [0.29, 0.717) is 13.1 Å². The molecule has 0 fully saturated rings. The molecule has 23 heavy (non-hydrogen) atoms. The van der Waals surface area contributed by atoms with Crippen molar-refractivity contribution in [3.63, 3.8) is 0 Å². The largest absolute Gasteiger partial charge is 0.366 e. The quantitative estimate of drug-likeness (QED) is 0.607. The summed E-state index contributed by atoms with van der Waals surface area (Å²) in [5.41, 5.74) is 1.97. The number of nitrogens with zero attached hydrogens (tertiary/aromatic N) is 2. The van der Waals surface area contributed by atoms with Crippen molar-refractivity contribution in [1.82, 2.24) is 9.97 Å². The lowest BCUT2D eigenvalue weighted by Crippen LogP contribution is -2.08. The number of allylic oxidation sites excluding steroid dienone is 1. The van der Waals surface area contributed by atoms with E-state index in [-0.39, 0.29) is 0 Å². The summed E-state index contributed by atoms with van der Waals surface area (Å²) in [5, 5.41) is 6.49. The Balaban J connectivity index is 1.93. The fraction of sp³-hybridized carbons (Fsp3) is 0.158. The zero-order valence-corrected chi connectivity index (χ0v) is 13.2. The highest BCUT2D eigenvalue weighted by atomic mass is 15.0. The summed E-state index contributed by atoms with van der Waals surface area (Å²) < 4.78 is 0. The van der Waals surface area contributed by atoms with Crippen LogP contribution in [-0.2, 0) is 0 Å². The van der Waals surface area contributed by atoms with E-state index in [0.717, 1.165) is 22.8 Å². The van der Waals surface area contributed by atoms with Crippen LogP contribution in [0.15, 0.2) is 72.1 Å². The van der Waals surface area contributed by atoms with Crippen LogP contribution >= 0.6 is 0 Å². The predicted molar refractivity (Wildman–Crippen MR) is 96.1 cm³/mol. The second-order valence-electron chi connectivity index (χ2n) is 4.81. The van der Waals surface area contributed by atoms with Crippen molar-refractivity contribution in [2.24, 2.45) is 0 Å². The Morgan fingerprint density at radius 1 is 1.04 bits per heavy atom. The van der Waals surface area contributed by atoms with E-state index >= 15 is 0 Å². The minimum atomic E-state index is 0.564. The smallest absolute Gasteiger partial charge is 0.126 e. The average molecular weight is 304 g/mol. The van der Waals surface area contributed by atoms with Gasteiger partial charge in [0.25, 0.3) is 0 Å². The molecule has 0 spiro atoms. The molecule has 2 aromatic rings. The molecule has 2 aromatic heterocycles. The molecule has 0 saturated heterocycles. The first-order valence-electron chi connectivity index (χ1n) is 7.44. The Hall–Kier alpha value is -3.06. The monoisotopic (exact) mass is 304 g/mol. The molecule has 0 aliphatic heterocycles. The molecule has 2 rings (SSSR count). The Morgan fingerprint density at radius 2 is 1.65 bits per heavy atom. The standard InChI is InChI=1S/C19H20N4/c1-3-16(14-22-18-9-5-7-11-20-18)13-17(4-2)15-23-19-10-6-8-12-21-19/h1,4-13H,14-15H2,2H3,(H,20,22)(H,21,23)/b16-13+,17-4+. The number of nitrogens with one attached hydrogen (secondary N) is 2. The third kappa shape index (κ3) is 5.68. The third-order valence-electron chi connectivity index (χ3n) is 3.18. The molecule has 2 heterocycles. The maximum atomic E-state index is 5.61. The first kappa shape index (κ1) is 16.3. The first-order chi connectivity index (χ1) is 11.3. The van der Waals surface area contributed by atoms with Crippen molar-refractivity contribution in [3.8, 4) is 12.3 Å². The van der Waals surface area contributed by atoms with Crippen LogP contribution in [0.25, 0.3) is 0 Å². The molecule has 0 saturated carbocycles. The van der Waals surface area contributed by atoms with Crippen LogP contribution in [0.1, 0.15) is 6.92 Å². The number of pyridine rings is 2. The van der Waals surface area contributed by atoms with E-state index in [4.69, 9.17) is 6.42 Å². The molecule has 0 bridgehead atoms. The highest BCUT2D eigenvalue weighted by Crippen LogP contribution is 2.07. The maximum absolute atomic E-state index is 5.61. The number of hydrogen-bond acceptors (Lipinski definition) is 4. The molecule has 0 radical (unpaired) electrons. The second kappa shape index (κ2) is 9.06. The molecular formula is C19H20N4. The normalized spacial score (nSPS) is 11.7. The van der Waals surface area contributed by atoms with Crippen LogP contribution in [0.2, 0.25) is 0 Å². The van der Waals surface area contributed by atoms with E-state index < -0.39 is 0 Å². The van der Waals surface area contributed by atoms with Gasteiger partial charge in [0.1, 0.15) is 11.6 Å². The lowest BCUT2D eigenvalue weighted by molar-refractivity contribution is 1.16. The van der Waals surface area contributed by atoms with Crippen LogP contribution in [0, 0.1) is 12.3 Å². The minimum Gasteiger partial charge on any atom is -0.366 e. The van der Waals surface area contributed by atoms with Crippen LogP contribution < -0.4 is 10.6 Å². The lowest BCUT2D eigenvalue weighted by atomic mass is 10.1. The molecule has 0 aromatic carbocycles. The van der Waals surface area contributed by atoms with Crippen molar-refractivity contribution in [3.05, 3.63) is 72.1 Å². The van der Waals surface area contributed by atoms with Crippen LogP contribution in [0.3, 0.4) is 0 Å². The Labute approximate surface area is 137 Å². The average Bonchev–Trinajstić information content (AvgIpc) is 2.63. The minimum absolute atomic E-state index is 0.564. The highest BCUT2D eigenvalue weighted by molar-refractivity contribution is 5.44. The van der Waals surface area contributed by atoms with Gasteiger partial charge in [0.05, 0.1) is 0 Å². The van der Waals surface area contributed by atoms with Crippen LogP contribution in [0.4, 0.5) is 11.6 Å². The zero-order valence-electron chi connectivity index (χ0n) is 13.2. The van der Waals surface area contributed by atoms with Crippen molar-refractivity contribution < 1.29 is 0 Å². The summed E-state index contributed by atoms with van der Waals surface area (Å²) in [6.07, 6.45) is 13.2. The van der Waals surface area contributed by atoms with Crippen LogP contribution in [0.5, 0.6) is 0 Å². The summed E-state index contributed by atoms with van der Waals surface area (Å²) in [6.45, 7) is 3.23. The highest BCUT2D eigenvalue weighted by Gasteiger charge is 1.99. The maximum Gasteiger partial charge on any atom is 0.126 e. The van der Waals surface area contributed by atoms with Gasteiger partial charge in [0, 0.05) is 31.1 Å². The summed E-state index contributed by atoms with van der Waals surface area (Å²) in [5.74, 6) is 4.37. The number of aromatic nitrogens is 2. The Morgan fingerprint density at radius 3 is 2.13 bits per heavy atom. The SMILES string of the molecule is C#C/C(=C\C(=C/C)CNc1ccccn1)CNc1ccccn1. The summed E-state index contributed by atoms with van der Waals surface area (Å²) in [7, 11) is 0. The summed E-state index contributed by atoms with van der Waals surface area (Å²) in [6, 6.07) is 11.5. The van der Waals surface area contributed by atoms with Gasteiger partial charge >= 0.3 is 0 Å². The summed E-state index contributed by atoms with van der Waals surface area (Å²) >= 11 is 0. The molecule has 4 nitrogen and oxygen atoms in total. The van der Waals surface area contributed by atoms with Gasteiger partial charge in [0.15, 0.2) is 0 Å². The van der Waals surface area contributed by atoms with Gasteiger partial charge < -0.3 is 10.6 Å². The van der Waals surface area contributed by atoms with Crippen molar-refractivity contribution in [2.45, 2.75) is 6.92 Å².